The van der Waals surface area contributed by atoms with Crippen molar-refractivity contribution in [3.8, 4) is 0 Å². The van der Waals surface area contributed by atoms with Crippen molar-refractivity contribution in [2.75, 3.05) is 10.6 Å². The molecule has 1 aromatic heterocycles. The topological polar surface area (TPSA) is 62.1 Å². The molecule has 0 unspecified atom stereocenters. The molecule has 0 spiro atoms. The number of nitrogens with zero attached hydrogens (tertiary/aromatic N) is 1. The van der Waals surface area contributed by atoms with E-state index in [0.29, 0.717) is 16.9 Å². The zero-order chi connectivity index (χ0) is 17.5. The van der Waals surface area contributed by atoms with Crippen LogP contribution >= 0.6 is 0 Å². The molecule has 1 heterocycles. The quantitative estimate of drug-likeness (QED) is 0.617. The molecule has 2 amide bonds. The SMILES string of the molecule is O=C(C[n+]1ccccc1)Nc1cccc(NC(=O)c2ccccc2)c1.[Cl-]. The summed E-state index contributed by atoms with van der Waals surface area (Å²) < 4.78 is 1.79. The Balaban J connectivity index is 0.00000243. The molecule has 0 aliphatic rings. The lowest BCUT2D eigenvalue weighted by Crippen LogP contribution is -3.00. The molecular formula is C20H18ClN3O2. The molecule has 3 aromatic rings. The van der Waals surface area contributed by atoms with Gasteiger partial charge in [-0.15, -0.1) is 0 Å². The number of amides is 2. The summed E-state index contributed by atoms with van der Waals surface area (Å²) >= 11 is 0. The molecule has 5 nitrogen and oxygen atoms in total. The normalized spacial score (nSPS) is 9.69. The van der Waals surface area contributed by atoms with Crippen molar-refractivity contribution in [2.24, 2.45) is 0 Å². The average molecular weight is 368 g/mol. The van der Waals surface area contributed by atoms with E-state index in [-0.39, 0.29) is 30.8 Å². The van der Waals surface area contributed by atoms with Crippen LogP contribution in [0.25, 0.3) is 0 Å². The molecule has 2 aromatic carbocycles. The zero-order valence-corrected chi connectivity index (χ0v) is 14.7. The molecule has 0 radical (unpaired) electrons. The molecule has 2 N–H and O–H groups in total. The van der Waals surface area contributed by atoms with Crippen molar-refractivity contribution in [1.29, 1.82) is 0 Å². The van der Waals surface area contributed by atoms with Crippen molar-refractivity contribution in [3.63, 3.8) is 0 Å². The van der Waals surface area contributed by atoms with Gasteiger partial charge in [0.05, 0.1) is 0 Å². The van der Waals surface area contributed by atoms with E-state index >= 15 is 0 Å². The molecule has 3 rings (SSSR count). The van der Waals surface area contributed by atoms with Gasteiger partial charge in [-0.3, -0.25) is 9.59 Å². The Kier molecular flexibility index (Phi) is 6.88. The van der Waals surface area contributed by atoms with Crippen molar-refractivity contribution < 1.29 is 26.6 Å². The molecule has 6 heteroatoms. The molecule has 0 aliphatic heterocycles. The number of nitrogens with one attached hydrogen (secondary N) is 2. The second kappa shape index (κ2) is 9.34. The molecule has 0 aliphatic carbocycles. The summed E-state index contributed by atoms with van der Waals surface area (Å²) in [5, 5.41) is 5.66. The summed E-state index contributed by atoms with van der Waals surface area (Å²) in [6, 6.07) is 21.7. The first-order chi connectivity index (χ1) is 12.2. The molecule has 0 saturated carbocycles. The predicted molar refractivity (Wildman–Crippen MR) is 96.1 cm³/mol. The van der Waals surface area contributed by atoms with E-state index in [1.54, 1.807) is 41.0 Å². The monoisotopic (exact) mass is 367 g/mol. The molecule has 26 heavy (non-hydrogen) atoms. The van der Waals surface area contributed by atoms with E-state index < -0.39 is 0 Å². The van der Waals surface area contributed by atoms with Gasteiger partial charge in [0.2, 0.25) is 6.54 Å². The largest absolute Gasteiger partial charge is 1.00 e. The van der Waals surface area contributed by atoms with Crippen LogP contribution in [-0.4, -0.2) is 11.8 Å². The highest BCUT2D eigenvalue weighted by molar-refractivity contribution is 6.04. The minimum Gasteiger partial charge on any atom is -1.00 e. The van der Waals surface area contributed by atoms with E-state index in [1.165, 1.54) is 0 Å². The molecular weight excluding hydrogens is 350 g/mol. The van der Waals surface area contributed by atoms with Crippen LogP contribution in [0, 0.1) is 0 Å². The fourth-order valence-corrected chi connectivity index (χ4v) is 2.37. The van der Waals surface area contributed by atoms with Crippen LogP contribution in [0.1, 0.15) is 10.4 Å². The fourth-order valence-electron chi connectivity index (χ4n) is 2.37. The molecule has 0 fully saturated rings. The summed E-state index contributed by atoms with van der Waals surface area (Å²) in [5.41, 5.74) is 1.84. The third-order valence-electron chi connectivity index (χ3n) is 3.54. The number of anilines is 2. The number of benzene rings is 2. The van der Waals surface area contributed by atoms with Gasteiger partial charge in [-0.2, -0.15) is 4.57 Å². The van der Waals surface area contributed by atoms with Gasteiger partial charge in [-0.25, -0.2) is 0 Å². The third kappa shape index (κ3) is 5.43. The maximum atomic E-state index is 12.2. The standard InChI is InChI=1S/C20H17N3O2.ClH/c24-19(15-23-12-5-2-6-13-23)21-17-10-7-11-18(14-17)22-20(25)16-8-3-1-4-9-16;/h1-14H,15H2,(H-,21,22,24,25);1H. The van der Waals surface area contributed by atoms with Gasteiger partial charge in [-0.05, 0) is 30.3 Å². The average Bonchev–Trinajstić information content (AvgIpc) is 2.63. The van der Waals surface area contributed by atoms with Crippen LogP contribution in [0.4, 0.5) is 11.4 Å². The van der Waals surface area contributed by atoms with E-state index in [1.807, 2.05) is 48.8 Å². The van der Waals surface area contributed by atoms with Gasteiger partial charge < -0.3 is 23.0 Å². The van der Waals surface area contributed by atoms with Crippen molar-refractivity contribution >= 4 is 23.2 Å². The second-order valence-corrected chi connectivity index (χ2v) is 5.50. The van der Waals surface area contributed by atoms with Crippen molar-refractivity contribution in [1.82, 2.24) is 0 Å². The first kappa shape index (κ1) is 19.1. The maximum absolute atomic E-state index is 12.2. The first-order valence-corrected chi connectivity index (χ1v) is 7.91. The number of aromatic nitrogens is 1. The van der Waals surface area contributed by atoms with Gasteiger partial charge in [0.1, 0.15) is 0 Å². The van der Waals surface area contributed by atoms with Gasteiger partial charge in [0.15, 0.2) is 12.4 Å². The Morgan fingerprint density at radius 2 is 1.38 bits per heavy atom. The minimum atomic E-state index is -0.191. The van der Waals surface area contributed by atoms with Gasteiger partial charge >= 0.3 is 0 Å². The number of pyridine rings is 1. The summed E-state index contributed by atoms with van der Waals surface area (Å²) in [5.74, 6) is -0.327. The Labute approximate surface area is 158 Å². The highest BCUT2D eigenvalue weighted by atomic mass is 35.5. The van der Waals surface area contributed by atoms with E-state index in [9.17, 15) is 9.59 Å². The number of hydrogen-bond acceptors (Lipinski definition) is 2. The van der Waals surface area contributed by atoms with Crippen LogP contribution in [-0.2, 0) is 11.3 Å². The van der Waals surface area contributed by atoms with Crippen LogP contribution in [0.2, 0.25) is 0 Å². The second-order valence-electron chi connectivity index (χ2n) is 5.50. The summed E-state index contributed by atoms with van der Waals surface area (Å²) in [6.07, 6.45) is 3.66. The summed E-state index contributed by atoms with van der Waals surface area (Å²) in [4.78, 5) is 24.3. The van der Waals surface area contributed by atoms with E-state index in [0.717, 1.165) is 0 Å². The Morgan fingerprint density at radius 3 is 2.08 bits per heavy atom. The maximum Gasteiger partial charge on any atom is 0.290 e. The highest BCUT2D eigenvalue weighted by Gasteiger charge is 2.10. The molecule has 0 bridgehead atoms. The summed E-state index contributed by atoms with van der Waals surface area (Å²) in [6.45, 7) is 0.224. The van der Waals surface area contributed by atoms with Crippen LogP contribution in [0.15, 0.2) is 85.2 Å². The Hall–Kier alpha value is -3.18. The number of halogens is 1. The van der Waals surface area contributed by atoms with Crippen LogP contribution in [0.5, 0.6) is 0 Å². The van der Waals surface area contributed by atoms with E-state index in [4.69, 9.17) is 0 Å². The number of rotatable bonds is 5. The first-order valence-electron chi connectivity index (χ1n) is 7.91. The lowest BCUT2D eigenvalue weighted by Gasteiger charge is -2.08. The Morgan fingerprint density at radius 1 is 0.769 bits per heavy atom. The smallest absolute Gasteiger partial charge is 0.290 e. The zero-order valence-electron chi connectivity index (χ0n) is 13.9. The summed E-state index contributed by atoms with van der Waals surface area (Å²) in [7, 11) is 0. The highest BCUT2D eigenvalue weighted by Crippen LogP contribution is 2.16. The third-order valence-corrected chi connectivity index (χ3v) is 3.54. The van der Waals surface area contributed by atoms with Crippen LogP contribution in [0.3, 0.4) is 0 Å². The number of hydrogen-bond donors (Lipinski definition) is 2. The molecule has 0 atom stereocenters. The minimum absolute atomic E-state index is 0. The van der Waals surface area contributed by atoms with Crippen molar-refractivity contribution in [3.05, 3.63) is 90.8 Å². The lowest BCUT2D eigenvalue weighted by molar-refractivity contribution is -0.684. The Bertz CT molecular complexity index is 870. The number of carbonyl (C=O) groups excluding carboxylic acids is 2. The van der Waals surface area contributed by atoms with Crippen LogP contribution < -0.4 is 27.6 Å². The van der Waals surface area contributed by atoms with Crippen molar-refractivity contribution in [2.45, 2.75) is 6.54 Å². The molecule has 132 valence electrons. The van der Waals surface area contributed by atoms with Gasteiger partial charge in [0, 0.05) is 29.1 Å². The van der Waals surface area contributed by atoms with Gasteiger partial charge in [0.25, 0.3) is 11.8 Å². The van der Waals surface area contributed by atoms with E-state index in [2.05, 4.69) is 10.6 Å². The fraction of sp³-hybridized carbons (Fsp3) is 0.0500. The predicted octanol–water partition coefficient (Wildman–Crippen LogP) is -0.131. The van der Waals surface area contributed by atoms with Gasteiger partial charge in [-0.1, -0.05) is 30.3 Å². The molecule has 0 saturated heterocycles. The number of carbonyl (C=O) groups is 2. The lowest BCUT2D eigenvalue weighted by atomic mass is 10.2.